The SMILES string of the molecule is CCN(CC)c1ccc(-n2nc3cc(C)c(NC(=O)/C=C/c4ccc(Cl)c([N+](=O)[O-])c4)cc3n2)cc1. The van der Waals surface area contributed by atoms with Crippen molar-refractivity contribution < 1.29 is 9.72 Å². The first kappa shape index (κ1) is 24.9. The monoisotopic (exact) mass is 504 g/mol. The first-order valence-corrected chi connectivity index (χ1v) is 11.8. The number of nitrogens with zero attached hydrogens (tertiary/aromatic N) is 5. The van der Waals surface area contributed by atoms with Gasteiger partial charge in [-0.05, 0) is 80.4 Å². The molecule has 0 aliphatic carbocycles. The summed E-state index contributed by atoms with van der Waals surface area (Å²) in [5.41, 5.74) is 5.03. The number of hydrogen-bond acceptors (Lipinski definition) is 6. The Morgan fingerprint density at radius 1 is 1.08 bits per heavy atom. The molecule has 1 amide bonds. The van der Waals surface area contributed by atoms with Crippen molar-refractivity contribution in [2.75, 3.05) is 23.3 Å². The standard InChI is InChI=1S/C26H25ClN6O3/c1-4-31(5-2)19-8-10-20(11-9-19)32-29-23-14-17(3)22(16-24(23)30-32)28-26(34)13-7-18-6-12-21(27)25(15-18)33(35)36/h6-16H,4-5H2,1-3H3,(H,28,34)/b13-7+. The molecule has 0 aliphatic heterocycles. The molecule has 1 N–H and O–H groups in total. The van der Waals surface area contributed by atoms with Gasteiger partial charge in [0.05, 0.1) is 10.6 Å². The van der Waals surface area contributed by atoms with Crippen molar-refractivity contribution in [2.24, 2.45) is 0 Å². The maximum Gasteiger partial charge on any atom is 0.288 e. The Balaban J connectivity index is 1.52. The van der Waals surface area contributed by atoms with Crippen LogP contribution in [0.4, 0.5) is 17.1 Å². The van der Waals surface area contributed by atoms with Gasteiger partial charge in [0.2, 0.25) is 5.91 Å². The van der Waals surface area contributed by atoms with E-state index in [4.69, 9.17) is 11.6 Å². The number of hydrogen-bond donors (Lipinski definition) is 1. The minimum Gasteiger partial charge on any atom is -0.372 e. The van der Waals surface area contributed by atoms with E-state index in [0.717, 1.165) is 30.0 Å². The summed E-state index contributed by atoms with van der Waals surface area (Å²) in [5.74, 6) is -0.380. The van der Waals surface area contributed by atoms with Crippen LogP contribution in [-0.4, -0.2) is 38.9 Å². The summed E-state index contributed by atoms with van der Waals surface area (Å²) in [6.07, 6.45) is 2.80. The van der Waals surface area contributed by atoms with Crippen molar-refractivity contribution in [1.82, 2.24) is 15.0 Å². The fraction of sp³-hybridized carbons (Fsp3) is 0.192. The van der Waals surface area contributed by atoms with E-state index in [1.165, 1.54) is 24.3 Å². The maximum absolute atomic E-state index is 12.5. The van der Waals surface area contributed by atoms with Crippen LogP contribution >= 0.6 is 11.6 Å². The molecule has 3 aromatic carbocycles. The molecule has 36 heavy (non-hydrogen) atoms. The largest absolute Gasteiger partial charge is 0.372 e. The summed E-state index contributed by atoms with van der Waals surface area (Å²) in [5, 5.41) is 23.1. The first-order valence-electron chi connectivity index (χ1n) is 11.4. The molecule has 4 aromatic rings. The summed E-state index contributed by atoms with van der Waals surface area (Å²) in [6, 6.07) is 16.0. The van der Waals surface area contributed by atoms with Crippen molar-refractivity contribution in [3.63, 3.8) is 0 Å². The molecule has 1 aromatic heterocycles. The fourth-order valence-corrected chi connectivity index (χ4v) is 4.01. The Hall–Kier alpha value is -4.24. The van der Waals surface area contributed by atoms with Crippen LogP contribution in [0, 0.1) is 17.0 Å². The van der Waals surface area contributed by atoms with Gasteiger partial charge in [0.1, 0.15) is 16.1 Å². The van der Waals surface area contributed by atoms with Gasteiger partial charge in [-0.1, -0.05) is 17.7 Å². The number of carbonyl (C=O) groups excluding carboxylic acids is 1. The van der Waals surface area contributed by atoms with Gasteiger partial charge in [-0.2, -0.15) is 4.80 Å². The number of amides is 1. The lowest BCUT2D eigenvalue weighted by Gasteiger charge is -2.20. The topological polar surface area (TPSA) is 106 Å². The minimum atomic E-state index is -0.565. The molecule has 10 heteroatoms. The lowest BCUT2D eigenvalue weighted by atomic mass is 10.1. The second kappa shape index (κ2) is 10.6. The molecule has 0 spiro atoms. The summed E-state index contributed by atoms with van der Waals surface area (Å²) in [7, 11) is 0. The molecule has 0 fully saturated rings. The lowest BCUT2D eigenvalue weighted by Crippen LogP contribution is -2.21. The molecule has 0 bridgehead atoms. The zero-order chi connectivity index (χ0) is 25.8. The molecule has 0 radical (unpaired) electrons. The van der Waals surface area contributed by atoms with Crippen molar-refractivity contribution >= 4 is 51.7 Å². The van der Waals surface area contributed by atoms with Crippen LogP contribution in [0.5, 0.6) is 0 Å². The van der Waals surface area contributed by atoms with E-state index >= 15 is 0 Å². The van der Waals surface area contributed by atoms with E-state index in [0.29, 0.717) is 22.3 Å². The summed E-state index contributed by atoms with van der Waals surface area (Å²) < 4.78 is 0. The first-order chi connectivity index (χ1) is 17.3. The van der Waals surface area contributed by atoms with Crippen molar-refractivity contribution in [1.29, 1.82) is 0 Å². The number of anilines is 2. The molecule has 0 aliphatic rings. The van der Waals surface area contributed by atoms with E-state index < -0.39 is 4.92 Å². The Kier molecular flexibility index (Phi) is 7.30. The number of fused-ring (bicyclic) bond motifs is 1. The molecule has 1 heterocycles. The summed E-state index contributed by atoms with van der Waals surface area (Å²) >= 11 is 5.84. The number of carbonyl (C=O) groups is 1. The Morgan fingerprint density at radius 2 is 1.75 bits per heavy atom. The van der Waals surface area contributed by atoms with E-state index in [2.05, 4.69) is 46.4 Å². The van der Waals surface area contributed by atoms with Gasteiger partial charge < -0.3 is 10.2 Å². The second-order valence-corrected chi connectivity index (χ2v) is 8.53. The lowest BCUT2D eigenvalue weighted by molar-refractivity contribution is -0.384. The van der Waals surface area contributed by atoms with Gasteiger partial charge in [0.15, 0.2) is 0 Å². The van der Waals surface area contributed by atoms with Crippen molar-refractivity contribution in [2.45, 2.75) is 20.8 Å². The van der Waals surface area contributed by atoms with Crippen LogP contribution in [0.1, 0.15) is 25.0 Å². The predicted octanol–water partition coefficient (Wildman–Crippen LogP) is 5.79. The van der Waals surface area contributed by atoms with Gasteiger partial charge >= 0.3 is 0 Å². The molecule has 0 saturated heterocycles. The highest BCUT2D eigenvalue weighted by atomic mass is 35.5. The fourth-order valence-electron chi connectivity index (χ4n) is 3.82. The second-order valence-electron chi connectivity index (χ2n) is 8.12. The maximum atomic E-state index is 12.5. The highest BCUT2D eigenvalue weighted by molar-refractivity contribution is 6.32. The van der Waals surface area contributed by atoms with Gasteiger partial charge in [0.25, 0.3) is 5.69 Å². The smallest absolute Gasteiger partial charge is 0.288 e. The number of nitro groups is 1. The molecule has 4 rings (SSSR count). The van der Waals surface area contributed by atoms with Gasteiger partial charge in [-0.25, -0.2) is 0 Å². The number of nitrogens with one attached hydrogen (secondary N) is 1. The van der Waals surface area contributed by atoms with Gasteiger partial charge in [0, 0.05) is 36.6 Å². The number of aryl methyl sites for hydroxylation is 1. The molecular weight excluding hydrogens is 480 g/mol. The normalized spacial score (nSPS) is 11.2. The third-order valence-electron chi connectivity index (χ3n) is 5.79. The molecule has 9 nitrogen and oxygen atoms in total. The molecule has 184 valence electrons. The van der Waals surface area contributed by atoms with E-state index in [1.54, 1.807) is 16.9 Å². The van der Waals surface area contributed by atoms with Crippen LogP contribution in [-0.2, 0) is 4.79 Å². The zero-order valence-electron chi connectivity index (χ0n) is 20.1. The molecule has 0 saturated carbocycles. The van der Waals surface area contributed by atoms with E-state index in [9.17, 15) is 14.9 Å². The van der Waals surface area contributed by atoms with Gasteiger partial charge in [-0.3, -0.25) is 14.9 Å². The quantitative estimate of drug-likeness (QED) is 0.185. The Bertz CT molecular complexity index is 1460. The molecular formula is C26H25ClN6O3. The van der Waals surface area contributed by atoms with Crippen molar-refractivity contribution in [3.05, 3.63) is 86.9 Å². The van der Waals surface area contributed by atoms with Crippen LogP contribution < -0.4 is 10.2 Å². The van der Waals surface area contributed by atoms with Gasteiger partial charge in [-0.15, -0.1) is 10.2 Å². The number of benzene rings is 3. The number of rotatable bonds is 8. The van der Waals surface area contributed by atoms with Crippen LogP contribution in [0.15, 0.2) is 60.7 Å². The van der Waals surface area contributed by atoms with Crippen LogP contribution in [0.3, 0.4) is 0 Å². The van der Waals surface area contributed by atoms with E-state index in [-0.39, 0.29) is 16.6 Å². The third-order valence-corrected chi connectivity index (χ3v) is 6.11. The number of nitro benzene ring substituents is 1. The molecule has 0 unspecified atom stereocenters. The van der Waals surface area contributed by atoms with Crippen molar-refractivity contribution in [3.8, 4) is 5.69 Å². The van der Waals surface area contributed by atoms with Crippen LogP contribution in [0.2, 0.25) is 5.02 Å². The Labute approximate surface area is 213 Å². The average molecular weight is 505 g/mol. The number of halogens is 1. The van der Waals surface area contributed by atoms with Crippen LogP contribution in [0.25, 0.3) is 22.8 Å². The summed E-state index contributed by atoms with van der Waals surface area (Å²) in [6.45, 7) is 7.98. The zero-order valence-corrected chi connectivity index (χ0v) is 20.9. The average Bonchev–Trinajstić information content (AvgIpc) is 3.27. The Morgan fingerprint density at radius 3 is 2.39 bits per heavy atom. The predicted molar refractivity (Wildman–Crippen MR) is 143 cm³/mol. The number of aromatic nitrogens is 3. The highest BCUT2D eigenvalue weighted by Gasteiger charge is 2.13. The molecule has 0 atom stereocenters. The summed E-state index contributed by atoms with van der Waals surface area (Å²) in [4.78, 5) is 26.9. The third kappa shape index (κ3) is 5.36. The minimum absolute atomic E-state index is 0.0402. The van der Waals surface area contributed by atoms with E-state index in [1.807, 2.05) is 25.1 Å². The highest BCUT2D eigenvalue weighted by Crippen LogP contribution is 2.26.